The van der Waals surface area contributed by atoms with Crippen LogP contribution in [0.2, 0.25) is 0 Å². The molecule has 1 aliphatic rings. The summed E-state index contributed by atoms with van der Waals surface area (Å²) in [4.78, 5) is 23.7. The van der Waals surface area contributed by atoms with Crippen LogP contribution in [0.3, 0.4) is 0 Å². The lowest BCUT2D eigenvalue weighted by molar-refractivity contribution is -0.139. The fraction of sp³-hybridized carbons (Fsp3) is 0.500. The summed E-state index contributed by atoms with van der Waals surface area (Å²) >= 11 is 0. The van der Waals surface area contributed by atoms with Crippen LogP contribution < -0.4 is 5.32 Å². The van der Waals surface area contributed by atoms with E-state index in [0.29, 0.717) is 13.1 Å². The Morgan fingerprint density at radius 2 is 2.50 bits per heavy atom. The number of piperazine rings is 1. The molecule has 0 aromatic heterocycles. The van der Waals surface area contributed by atoms with Crippen molar-refractivity contribution in [2.24, 2.45) is 0 Å². The maximum Gasteiger partial charge on any atom is 0.246 e. The number of hydrogen-bond donors (Lipinski definition) is 1. The fourth-order valence-corrected chi connectivity index (χ4v) is 1.20. The molecule has 0 aromatic rings. The van der Waals surface area contributed by atoms with Crippen molar-refractivity contribution in [1.82, 2.24) is 10.2 Å². The van der Waals surface area contributed by atoms with E-state index in [1.165, 1.54) is 11.0 Å². The molecule has 1 unspecified atom stereocenters. The third-order valence-corrected chi connectivity index (χ3v) is 1.96. The third-order valence-electron chi connectivity index (χ3n) is 1.96. The maximum atomic E-state index is 11.2. The highest BCUT2D eigenvalue weighted by Crippen LogP contribution is 2.03. The first-order valence-corrected chi connectivity index (χ1v) is 3.87. The molecule has 1 rings (SSSR count). The van der Waals surface area contributed by atoms with Gasteiger partial charge in [0.15, 0.2) is 0 Å². The first kappa shape index (κ1) is 8.77. The van der Waals surface area contributed by atoms with Gasteiger partial charge in [0.1, 0.15) is 6.04 Å². The normalized spacial score (nSPS) is 23.2. The lowest BCUT2D eigenvalue weighted by Gasteiger charge is -2.31. The van der Waals surface area contributed by atoms with Gasteiger partial charge in [-0.2, -0.15) is 0 Å². The van der Waals surface area contributed by atoms with E-state index >= 15 is 0 Å². The molecule has 4 nitrogen and oxygen atoms in total. The van der Waals surface area contributed by atoms with E-state index in [2.05, 4.69) is 11.9 Å². The molecule has 1 atom stereocenters. The Morgan fingerprint density at radius 1 is 1.83 bits per heavy atom. The van der Waals surface area contributed by atoms with Crippen LogP contribution in [-0.2, 0) is 9.59 Å². The Labute approximate surface area is 71.2 Å². The maximum absolute atomic E-state index is 11.2. The molecule has 1 heterocycles. The van der Waals surface area contributed by atoms with Crippen LogP contribution >= 0.6 is 0 Å². The second kappa shape index (κ2) is 3.38. The van der Waals surface area contributed by atoms with Crippen LogP contribution in [-0.4, -0.2) is 35.8 Å². The Hall–Kier alpha value is -1.32. The molecule has 12 heavy (non-hydrogen) atoms. The highest BCUT2D eigenvalue weighted by Gasteiger charge is 2.27. The van der Waals surface area contributed by atoms with Gasteiger partial charge in [-0.3, -0.25) is 9.59 Å². The number of hydrogen-bond acceptors (Lipinski definition) is 2. The number of rotatable bonds is 1. The van der Waals surface area contributed by atoms with Gasteiger partial charge in [-0.25, -0.2) is 0 Å². The molecule has 0 saturated carbocycles. The van der Waals surface area contributed by atoms with Crippen LogP contribution in [0.25, 0.3) is 0 Å². The molecule has 1 N–H and O–H groups in total. The standard InChI is InChI=1S/C8H12N2O2/c1-3-7(11)10-5-4-9-8(12)6(10)2/h3,6H,1,4-5H2,2H3,(H,9,12). The van der Waals surface area contributed by atoms with Gasteiger partial charge in [-0.15, -0.1) is 0 Å². The molecule has 2 amide bonds. The molecule has 0 aromatic carbocycles. The van der Waals surface area contributed by atoms with Crippen molar-refractivity contribution in [3.63, 3.8) is 0 Å². The number of amides is 2. The van der Waals surface area contributed by atoms with Gasteiger partial charge in [0, 0.05) is 13.1 Å². The summed E-state index contributed by atoms with van der Waals surface area (Å²) in [5, 5.41) is 2.67. The molecular weight excluding hydrogens is 156 g/mol. The molecule has 0 spiro atoms. The predicted molar refractivity (Wildman–Crippen MR) is 44.4 cm³/mol. The summed E-state index contributed by atoms with van der Waals surface area (Å²) in [7, 11) is 0. The van der Waals surface area contributed by atoms with Crippen LogP contribution in [0.4, 0.5) is 0 Å². The molecule has 1 saturated heterocycles. The summed E-state index contributed by atoms with van der Waals surface area (Å²) in [5.41, 5.74) is 0. The van der Waals surface area contributed by atoms with Crippen molar-refractivity contribution in [2.45, 2.75) is 13.0 Å². The van der Waals surface area contributed by atoms with Crippen LogP contribution in [0, 0.1) is 0 Å². The van der Waals surface area contributed by atoms with Crippen molar-refractivity contribution in [3.8, 4) is 0 Å². The summed E-state index contributed by atoms with van der Waals surface area (Å²) < 4.78 is 0. The molecule has 0 aliphatic carbocycles. The highest BCUT2D eigenvalue weighted by atomic mass is 16.2. The summed E-state index contributed by atoms with van der Waals surface area (Å²) in [6.07, 6.45) is 1.23. The number of nitrogens with zero attached hydrogens (tertiary/aromatic N) is 1. The molecule has 0 radical (unpaired) electrons. The smallest absolute Gasteiger partial charge is 0.246 e. The monoisotopic (exact) mass is 168 g/mol. The Balaban J connectivity index is 2.69. The SMILES string of the molecule is C=CC(=O)N1CCNC(=O)C1C. The van der Waals surface area contributed by atoms with Crippen LogP contribution in [0.1, 0.15) is 6.92 Å². The first-order valence-electron chi connectivity index (χ1n) is 3.87. The van der Waals surface area contributed by atoms with E-state index in [-0.39, 0.29) is 17.9 Å². The van der Waals surface area contributed by atoms with Crippen molar-refractivity contribution in [2.75, 3.05) is 13.1 Å². The van der Waals surface area contributed by atoms with E-state index in [0.717, 1.165) is 0 Å². The quantitative estimate of drug-likeness (QED) is 0.537. The van der Waals surface area contributed by atoms with Crippen LogP contribution in [0.5, 0.6) is 0 Å². The Kier molecular flexibility index (Phi) is 2.47. The molecular formula is C8H12N2O2. The minimum Gasteiger partial charge on any atom is -0.353 e. The second-order valence-electron chi connectivity index (χ2n) is 2.70. The largest absolute Gasteiger partial charge is 0.353 e. The summed E-state index contributed by atoms with van der Waals surface area (Å²) in [6.45, 7) is 6.17. The van der Waals surface area contributed by atoms with Gasteiger partial charge in [0.2, 0.25) is 11.8 Å². The van der Waals surface area contributed by atoms with Crippen molar-refractivity contribution >= 4 is 11.8 Å². The summed E-state index contributed by atoms with van der Waals surface area (Å²) in [5.74, 6) is -0.284. The predicted octanol–water partition coefficient (Wildman–Crippen LogP) is -0.481. The fourth-order valence-electron chi connectivity index (χ4n) is 1.20. The molecule has 4 heteroatoms. The molecule has 0 bridgehead atoms. The first-order chi connectivity index (χ1) is 5.66. The number of carbonyl (C=O) groups excluding carboxylic acids is 2. The zero-order valence-corrected chi connectivity index (χ0v) is 7.04. The van der Waals surface area contributed by atoms with Gasteiger partial charge in [-0.05, 0) is 13.0 Å². The molecule has 1 aliphatic heterocycles. The lowest BCUT2D eigenvalue weighted by atomic mass is 10.2. The Bertz CT molecular complexity index is 225. The zero-order chi connectivity index (χ0) is 9.14. The van der Waals surface area contributed by atoms with Gasteiger partial charge in [-0.1, -0.05) is 6.58 Å². The molecule has 66 valence electrons. The summed E-state index contributed by atoms with van der Waals surface area (Å²) in [6, 6.07) is -0.371. The highest BCUT2D eigenvalue weighted by molar-refractivity contribution is 5.93. The average molecular weight is 168 g/mol. The van der Waals surface area contributed by atoms with Crippen molar-refractivity contribution in [1.29, 1.82) is 0 Å². The van der Waals surface area contributed by atoms with Gasteiger partial charge >= 0.3 is 0 Å². The number of carbonyl (C=O) groups is 2. The van der Waals surface area contributed by atoms with Crippen molar-refractivity contribution < 1.29 is 9.59 Å². The molecule has 1 fully saturated rings. The van der Waals surface area contributed by atoms with E-state index in [9.17, 15) is 9.59 Å². The van der Waals surface area contributed by atoms with Gasteiger partial charge < -0.3 is 10.2 Å². The second-order valence-corrected chi connectivity index (χ2v) is 2.70. The average Bonchev–Trinajstić information content (AvgIpc) is 2.08. The van der Waals surface area contributed by atoms with E-state index in [4.69, 9.17) is 0 Å². The topological polar surface area (TPSA) is 49.4 Å². The van der Waals surface area contributed by atoms with E-state index < -0.39 is 0 Å². The van der Waals surface area contributed by atoms with Gasteiger partial charge in [0.25, 0.3) is 0 Å². The Morgan fingerprint density at radius 3 is 3.08 bits per heavy atom. The zero-order valence-electron chi connectivity index (χ0n) is 7.04. The minimum absolute atomic E-state index is 0.101. The lowest BCUT2D eigenvalue weighted by Crippen LogP contribution is -2.55. The van der Waals surface area contributed by atoms with Crippen LogP contribution in [0.15, 0.2) is 12.7 Å². The third kappa shape index (κ3) is 1.47. The van der Waals surface area contributed by atoms with Gasteiger partial charge in [0.05, 0.1) is 0 Å². The van der Waals surface area contributed by atoms with E-state index in [1.807, 2.05) is 0 Å². The number of nitrogens with one attached hydrogen (secondary N) is 1. The minimum atomic E-state index is -0.371. The van der Waals surface area contributed by atoms with Crippen molar-refractivity contribution in [3.05, 3.63) is 12.7 Å². The van der Waals surface area contributed by atoms with E-state index in [1.54, 1.807) is 6.92 Å².